The summed E-state index contributed by atoms with van der Waals surface area (Å²) in [5, 5.41) is 16.5. The van der Waals surface area contributed by atoms with Crippen LogP contribution < -0.4 is 11.1 Å². The fraction of sp³-hybridized carbons (Fsp3) is 0.462. The number of carboxylic acids is 1. The third-order valence-electron chi connectivity index (χ3n) is 4.38. The first kappa shape index (κ1) is 20.9. The number of aromatic nitrogens is 1. The number of carbonyl (C=O) groups excluding carboxylic acids is 2. The zero-order valence-corrected chi connectivity index (χ0v) is 16.1. The van der Waals surface area contributed by atoms with Gasteiger partial charge < -0.3 is 21.0 Å². The third-order valence-corrected chi connectivity index (χ3v) is 5.39. The number of aliphatic carboxylic acids is 1. The van der Waals surface area contributed by atoms with E-state index in [1.54, 1.807) is 0 Å². The number of carbonyl (C=O) groups is 3. The van der Waals surface area contributed by atoms with Crippen LogP contribution >= 0.6 is 11.3 Å². The average molecular weight is 449 g/mol. The molecule has 1 aromatic rings. The van der Waals surface area contributed by atoms with Gasteiger partial charge in [-0.2, -0.15) is 13.5 Å². The summed E-state index contributed by atoms with van der Waals surface area (Å²) < 4.78 is 35.1. The summed E-state index contributed by atoms with van der Waals surface area (Å²) in [7, 11) is -4.92. The zero-order chi connectivity index (χ0) is 21.4. The van der Waals surface area contributed by atoms with E-state index < -0.39 is 52.1 Å². The van der Waals surface area contributed by atoms with E-state index in [4.69, 9.17) is 15.4 Å². The summed E-state index contributed by atoms with van der Waals surface area (Å²) in [6.07, 6.45) is 1.28. The molecule has 1 aromatic heterocycles. The second kappa shape index (κ2) is 7.54. The molecule has 1 spiro atoms. The van der Waals surface area contributed by atoms with Gasteiger partial charge in [-0.05, 0) is 19.3 Å². The van der Waals surface area contributed by atoms with Crippen molar-refractivity contribution >= 4 is 50.4 Å². The monoisotopic (exact) mass is 449 g/mol. The number of nitrogens with two attached hydrogens (primary N) is 1. The molecule has 5 N–H and O–H groups in total. The standard InChI is InChI=1S/C13H15N5O9S2/c14-12-15-6(5-28-12)8(17-26-4-7(19)20)10(21)16-9-11(22)18(27-29(23,24)25)13(9)2-1-3-13/h5,9H,1-4H2,(H2,14,15)(H,16,21)(H,19,20)(H,23,24,25). The molecule has 0 aromatic carbocycles. The van der Waals surface area contributed by atoms with E-state index in [2.05, 4.69) is 24.6 Å². The quantitative estimate of drug-likeness (QED) is 0.155. The molecule has 0 radical (unpaired) electrons. The fourth-order valence-electron chi connectivity index (χ4n) is 3.00. The van der Waals surface area contributed by atoms with Crippen LogP contribution in [-0.2, 0) is 33.9 Å². The first-order valence-corrected chi connectivity index (χ1v) is 10.2. The Hall–Kier alpha value is -2.82. The van der Waals surface area contributed by atoms with E-state index in [0.29, 0.717) is 24.3 Å². The van der Waals surface area contributed by atoms with Crippen LogP contribution in [0.25, 0.3) is 0 Å². The SMILES string of the molecule is Nc1nc(C(=NOCC(=O)O)C(=O)NC2C(=O)N(OS(=O)(=O)O)C23CCC3)cs1. The summed E-state index contributed by atoms with van der Waals surface area (Å²) in [6, 6.07) is -1.15. The lowest BCUT2D eigenvalue weighted by Crippen LogP contribution is -2.81. The van der Waals surface area contributed by atoms with Gasteiger partial charge in [0.05, 0.1) is 0 Å². The molecule has 2 amide bonds. The Bertz CT molecular complexity index is 985. The number of β-lactam (4-membered cyclic amide) rings is 1. The van der Waals surface area contributed by atoms with Gasteiger partial charge in [0.2, 0.25) is 6.61 Å². The van der Waals surface area contributed by atoms with Crippen LogP contribution in [0, 0.1) is 0 Å². The highest BCUT2D eigenvalue weighted by Crippen LogP contribution is 2.48. The summed E-state index contributed by atoms with van der Waals surface area (Å²) in [5.41, 5.74) is 3.98. The molecule has 1 saturated carbocycles. The van der Waals surface area contributed by atoms with Gasteiger partial charge in [-0.15, -0.1) is 15.6 Å². The summed E-state index contributed by atoms with van der Waals surface area (Å²) >= 11 is 0.996. The Morgan fingerprint density at radius 2 is 2.17 bits per heavy atom. The van der Waals surface area contributed by atoms with Crippen molar-refractivity contribution in [3.05, 3.63) is 11.1 Å². The number of carboxylic acid groups (broad SMARTS) is 1. The topological polar surface area (TPSA) is 211 Å². The van der Waals surface area contributed by atoms with Crippen molar-refractivity contribution < 1.29 is 41.6 Å². The molecule has 1 unspecified atom stereocenters. The molecule has 16 heteroatoms. The first-order chi connectivity index (χ1) is 13.5. The largest absolute Gasteiger partial charge is 0.479 e. The van der Waals surface area contributed by atoms with Crippen LogP contribution in [0.4, 0.5) is 5.13 Å². The molecule has 14 nitrogen and oxygen atoms in total. The molecular formula is C13H15N5O9S2. The van der Waals surface area contributed by atoms with E-state index in [1.165, 1.54) is 5.38 Å². The van der Waals surface area contributed by atoms with E-state index in [-0.39, 0.29) is 10.8 Å². The van der Waals surface area contributed by atoms with Gasteiger partial charge in [0.25, 0.3) is 11.8 Å². The van der Waals surface area contributed by atoms with E-state index in [9.17, 15) is 22.8 Å². The van der Waals surface area contributed by atoms with Crippen LogP contribution in [0.3, 0.4) is 0 Å². The Morgan fingerprint density at radius 1 is 1.48 bits per heavy atom. The molecular weight excluding hydrogens is 434 g/mol. The lowest BCUT2D eigenvalue weighted by atomic mass is 9.65. The first-order valence-electron chi connectivity index (χ1n) is 7.98. The molecule has 1 atom stereocenters. The average Bonchev–Trinajstić information content (AvgIpc) is 3.00. The number of rotatable bonds is 8. The highest BCUT2D eigenvalue weighted by Gasteiger charge is 2.66. The number of hydroxylamine groups is 2. The van der Waals surface area contributed by atoms with Gasteiger partial charge in [-0.3, -0.25) is 14.1 Å². The van der Waals surface area contributed by atoms with E-state index >= 15 is 0 Å². The predicted octanol–water partition coefficient (Wildman–Crippen LogP) is -1.49. The molecule has 3 rings (SSSR count). The van der Waals surface area contributed by atoms with Crippen molar-refractivity contribution in [2.45, 2.75) is 30.8 Å². The van der Waals surface area contributed by atoms with Crippen molar-refractivity contribution in [2.75, 3.05) is 12.3 Å². The maximum atomic E-state index is 12.7. The maximum absolute atomic E-state index is 12.7. The number of nitrogen functional groups attached to an aromatic ring is 1. The van der Waals surface area contributed by atoms with Crippen molar-refractivity contribution in [2.24, 2.45) is 5.16 Å². The molecule has 2 aliphatic rings. The van der Waals surface area contributed by atoms with Crippen LogP contribution in [0.5, 0.6) is 0 Å². The molecule has 0 bridgehead atoms. The van der Waals surface area contributed by atoms with Crippen LogP contribution in [0.1, 0.15) is 25.0 Å². The second-order valence-electron chi connectivity index (χ2n) is 6.18. The molecule has 1 aliphatic heterocycles. The second-order valence-corrected chi connectivity index (χ2v) is 8.07. The Morgan fingerprint density at radius 3 is 2.66 bits per heavy atom. The van der Waals surface area contributed by atoms with Crippen LogP contribution in [-0.4, -0.2) is 69.8 Å². The molecule has 29 heavy (non-hydrogen) atoms. The molecule has 1 saturated heterocycles. The number of nitrogens with one attached hydrogen (secondary N) is 1. The number of hydrogen-bond acceptors (Lipinski definition) is 11. The number of anilines is 1. The van der Waals surface area contributed by atoms with Gasteiger partial charge >= 0.3 is 16.4 Å². The Kier molecular flexibility index (Phi) is 5.44. The zero-order valence-electron chi connectivity index (χ0n) is 14.5. The normalized spacial score (nSPS) is 20.7. The Balaban J connectivity index is 1.79. The van der Waals surface area contributed by atoms with Gasteiger partial charge in [-0.1, -0.05) is 5.16 Å². The van der Waals surface area contributed by atoms with E-state index in [0.717, 1.165) is 11.3 Å². The smallest absolute Gasteiger partial charge is 0.418 e. The van der Waals surface area contributed by atoms with Gasteiger partial charge in [0, 0.05) is 5.38 Å². The number of oxime groups is 1. The third kappa shape index (κ3) is 4.14. The lowest BCUT2D eigenvalue weighted by molar-refractivity contribution is -0.243. The van der Waals surface area contributed by atoms with E-state index in [1.807, 2.05) is 0 Å². The number of thiazole rings is 1. The molecule has 1 aliphatic carbocycles. The maximum Gasteiger partial charge on any atom is 0.418 e. The number of hydrogen-bond donors (Lipinski definition) is 4. The minimum atomic E-state index is -4.92. The van der Waals surface area contributed by atoms with Gasteiger partial charge in [-0.25, -0.2) is 9.78 Å². The van der Waals surface area contributed by atoms with Crippen LogP contribution in [0.15, 0.2) is 10.5 Å². The molecule has 158 valence electrons. The lowest BCUT2D eigenvalue weighted by Gasteiger charge is -2.59. The van der Waals surface area contributed by atoms with Crippen molar-refractivity contribution in [1.29, 1.82) is 0 Å². The fourth-order valence-corrected chi connectivity index (χ4v) is 3.96. The highest BCUT2D eigenvalue weighted by atomic mass is 32.3. The van der Waals surface area contributed by atoms with Crippen LogP contribution in [0.2, 0.25) is 0 Å². The predicted molar refractivity (Wildman–Crippen MR) is 94.6 cm³/mol. The Labute approximate surface area is 167 Å². The highest BCUT2D eigenvalue weighted by molar-refractivity contribution is 7.80. The van der Waals surface area contributed by atoms with Crippen molar-refractivity contribution in [3.8, 4) is 0 Å². The molecule has 2 fully saturated rings. The summed E-state index contributed by atoms with van der Waals surface area (Å²) in [4.78, 5) is 44.0. The number of amides is 2. The minimum Gasteiger partial charge on any atom is -0.479 e. The van der Waals surface area contributed by atoms with Gasteiger partial charge in [0.15, 0.2) is 10.8 Å². The van der Waals surface area contributed by atoms with Gasteiger partial charge in [0.1, 0.15) is 17.3 Å². The summed E-state index contributed by atoms with van der Waals surface area (Å²) in [5.74, 6) is -3.14. The van der Waals surface area contributed by atoms with Crippen molar-refractivity contribution in [1.82, 2.24) is 15.4 Å². The minimum absolute atomic E-state index is 0.00383. The molecule has 2 heterocycles. The van der Waals surface area contributed by atoms with Crippen molar-refractivity contribution in [3.63, 3.8) is 0 Å². The number of nitrogens with zero attached hydrogens (tertiary/aromatic N) is 3. The summed E-state index contributed by atoms with van der Waals surface area (Å²) in [6.45, 7) is -0.821.